The summed E-state index contributed by atoms with van der Waals surface area (Å²) in [6.45, 7) is 4.25. The van der Waals surface area contributed by atoms with Crippen LogP contribution in [0, 0.1) is 0 Å². The number of aromatic nitrogens is 1. The molecule has 1 aliphatic heterocycles. The van der Waals surface area contributed by atoms with Crippen molar-refractivity contribution in [2.75, 3.05) is 38.3 Å². The van der Waals surface area contributed by atoms with Crippen LogP contribution < -0.4 is 10.2 Å². The molecule has 0 amide bonds. The highest BCUT2D eigenvalue weighted by Gasteiger charge is 2.16. The van der Waals surface area contributed by atoms with Crippen molar-refractivity contribution in [3.8, 4) is 0 Å². The molecule has 2 heterocycles. The van der Waals surface area contributed by atoms with E-state index in [9.17, 15) is 0 Å². The van der Waals surface area contributed by atoms with Gasteiger partial charge in [0.05, 0.1) is 18.7 Å². The van der Waals surface area contributed by atoms with Gasteiger partial charge in [0, 0.05) is 30.6 Å². The number of pyridine rings is 1. The Balaban J connectivity index is 2.05. The Kier molecular flexibility index (Phi) is 3.62. The third kappa shape index (κ3) is 2.55. The third-order valence-corrected chi connectivity index (χ3v) is 3.46. The van der Waals surface area contributed by atoms with E-state index in [-0.39, 0.29) is 0 Å². The molecule has 2 aromatic rings. The van der Waals surface area contributed by atoms with E-state index in [0.717, 1.165) is 44.2 Å². The molecule has 0 unspecified atom stereocenters. The second-order valence-electron chi connectivity index (χ2n) is 4.79. The van der Waals surface area contributed by atoms with Crippen LogP contribution in [-0.2, 0) is 11.3 Å². The van der Waals surface area contributed by atoms with E-state index in [1.54, 1.807) is 0 Å². The van der Waals surface area contributed by atoms with Crippen molar-refractivity contribution in [3.05, 3.63) is 35.9 Å². The smallest absolute Gasteiger partial charge is 0.133 e. The van der Waals surface area contributed by atoms with Crippen molar-refractivity contribution in [3.63, 3.8) is 0 Å². The molecule has 19 heavy (non-hydrogen) atoms. The van der Waals surface area contributed by atoms with Crippen molar-refractivity contribution in [1.29, 1.82) is 0 Å². The Morgan fingerprint density at radius 3 is 2.84 bits per heavy atom. The fourth-order valence-corrected chi connectivity index (χ4v) is 2.52. The molecule has 0 bridgehead atoms. The minimum Gasteiger partial charge on any atom is -0.378 e. The molecule has 0 aliphatic carbocycles. The van der Waals surface area contributed by atoms with E-state index in [1.807, 2.05) is 13.1 Å². The molecule has 0 atom stereocenters. The number of anilines is 1. The van der Waals surface area contributed by atoms with Gasteiger partial charge in [0.2, 0.25) is 0 Å². The minimum absolute atomic E-state index is 0.785. The quantitative estimate of drug-likeness (QED) is 0.909. The predicted molar refractivity (Wildman–Crippen MR) is 77.5 cm³/mol. The maximum Gasteiger partial charge on any atom is 0.133 e. The van der Waals surface area contributed by atoms with E-state index in [0.29, 0.717) is 0 Å². The van der Waals surface area contributed by atoms with Gasteiger partial charge in [-0.05, 0) is 19.2 Å². The van der Waals surface area contributed by atoms with E-state index in [4.69, 9.17) is 9.72 Å². The second-order valence-corrected chi connectivity index (χ2v) is 4.79. The number of nitrogens with zero attached hydrogens (tertiary/aromatic N) is 2. The van der Waals surface area contributed by atoms with Gasteiger partial charge < -0.3 is 15.0 Å². The van der Waals surface area contributed by atoms with Gasteiger partial charge in [0.25, 0.3) is 0 Å². The number of hydrogen-bond donors (Lipinski definition) is 1. The van der Waals surface area contributed by atoms with E-state index in [1.165, 1.54) is 10.9 Å². The van der Waals surface area contributed by atoms with E-state index in [2.05, 4.69) is 34.5 Å². The standard InChI is InChI=1S/C15H19N3O/c1-16-11-13-10-12-4-2-3-5-14(12)17-15(13)18-6-8-19-9-7-18/h2-5,10,16H,6-9,11H2,1H3. The Morgan fingerprint density at radius 1 is 1.26 bits per heavy atom. The summed E-state index contributed by atoms with van der Waals surface area (Å²) in [5, 5.41) is 4.43. The molecule has 1 N–H and O–H groups in total. The molecular weight excluding hydrogens is 238 g/mol. The molecule has 3 rings (SSSR count). The molecule has 4 nitrogen and oxygen atoms in total. The Labute approximate surface area is 113 Å². The van der Waals surface area contributed by atoms with Gasteiger partial charge in [-0.1, -0.05) is 18.2 Å². The zero-order valence-corrected chi connectivity index (χ0v) is 11.2. The number of rotatable bonds is 3. The number of nitrogens with one attached hydrogen (secondary N) is 1. The van der Waals surface area contributed by atoms with Crippen molar-refractivity contribution in [1.82, 2.24) is 10.3 Å². The fraction of sp³-hybridized carbons (Fsp3) is 0.400. The molecule has 4 heteroatoms. The molecule has 1 aromatic heterocycles. The topological polar surface area (TPSA) is 37.4 Å². The zero-order valence-electron chi connectivity index (χ0n) is 11.2. The molecule has 0 radical (unpaired) electrons. The van der Waals surface area contributed by atoms with Crippen LogP contribution in [0.15, 0.2) is 30.3 Å². The molecule has 1 aliphatic rings. The van der Waals surface area contributed by atoms with Crippen molar-refractivity contribution in [2.24, 2.45) is 0 Å². The van der Waals surface area contributed by atoms with Crippen LogP contribution in [0.1, 0.15) is 5.56 Å². The first-order valence-electron chi connectivity index (χ1n) is 6.74. The highest BCUT2D eigenvalue weighted by atomic mass is 16.5. The number of hydrogen-bond acceptors (Lipinski definition) is 4. The summed E-state index contributed by atoms with van der Waals surface area (Å²) < 4.78 is 5.42. The first-order chi connectivity index (χ1) is 9.38. The van der Waals surface area contributed by atoms with Crippen LogP contribution in [-0.4, -0.2) is 38.3 Å². The normalized spacial score (nSPS) is 15.9. The fourth-order valence-electron chi connectivity index (χ4n) is 2.52. The Hall–Kier alpha value is -1.65. The maximum atomic E-state index is 5.42. The zero-order chi connectivity index (χ0) is 13.1. The molecule has 100 valence electrons. The van der Waals surface area contributed by atoms with Gasteiger partial charge in [-0.3, -0.25) is 0 Å². The van der Waals surface area contributed by atoms with Gasteiger partial charge >= 0.3 is 0 Å². The van der Waals surface area contributed by atoms with Crippen molar-refractivity contribution >= 4 is 16.7 Å². The summed E-state index contributed by atoms with van der Waals surface area (Å²) in [5.74, 6) is 1.09. The third-order valence-electron chi connectivity index (χ3n) is 3.46. The van der Waals surface area contributed by atoms with E-state index >= 15 is 0 Å². The summed E-state index contributed by atoms with van der Waals surface area (Å²) >= 11 is 0. The van der Waals surface area contributed by atoms with Crippen LogP contribution >= 0.6 is 0 Å². The Morgan fingerprint density at radius 2 is 2.05 bits per heavy atom. The van der Waals surface area contributed by atoms with Crippen LogP contribution in [0.2, 0.25) is 0 Å². The lowest BCUT2D eigenvalue weighted by atomic mass is 10.1. The van der Waals surface area contributed by atoms with E-state index < -0.39 is 0 Å². The largest absolute Gasteiger partial charge is 0.378 e. The first kappa shape index (κ1) is 12.4. The number of para-hydroxylation sites is 1. The number of benzene rings is 1. The lowest BCUT2D eigenvalue weighted by Gasteiger charge is -2.29. The molecular formula is C15H19N3O. The summed E-state index contributed by atoms with van der Waals surface area (Å²) in [4.78, 5) is 7.17. The van der Waals surface area contributed by atoms with Crippen molar-refractivity contribution in [2.45, 2.75) is 6.54 Å². The van der Waals surface area contributed by atoms with Gasteiger partial charge in [0.1, 0.15) is 5.82 Å². The summed E-state index contributed by atoms with van der Waals surface area (Å²) in [5.41, 5.74) is 2.31. The summed E-state index contributed by atoms with van der Waals surface area (Å²) in [6.07, 6.45) is 0. The Bertz CT molecular complexity index is 564. The second kappa shape index (κ2) is 5.55. The van der Waals surface area contributed by atoms with Gasteiger partial charge in [-0.25, -0.2) is 4.98 Å². The highest BCUT2D eigenvalue weighted by molar-refractivity contribution is 5.81. The molecule has 1 saturated heterocycles. The molecule has 0 spiro atoms. The SMILES string of the molecule is CNCc1cc2ccccc2nc1N1CCOCC1. The average Bonchev–Trinajstić information content (AvgIpc) is 2.48. The van der Waals surface area contributed by atoms with Crippen LogP contribution in [0.5, 0.6) is 0 Å². The molecule has 0 saturated carbocycles. The monoisotopic (exact) mass is 257 g/mol. The maximum absolute atomic E-state index is 5.42. The number of fused-ring (bicyclic) bond motifs is 1. The first-order valence-corrected chi connectivity index (χ1v) is 6.74. The predicted octanol–water partition coefficient (Wildman–Crippen LogP) is 1.79. The molecule has 1 aromatic carbocycles. The van der Waals surface area contributed by atoms with Gasteiger partial charge in [-0.15, -0.1) is 0 Å². The van der Waals surface area contributed by atoms with Gasteiger partial charge in [0.15, 0.2) is 0 Å². The lowest BCUT2D eigenvalue weighted by molar-refractivity contribution is 0.122. The molecule has 1 fully saturated rings. The lowest BCUT2D eigenvalue weighted by Crippen LogP contribution is -2.37. The highest BCUT2D eigenvalue weighted by Crippen LogP contribution is 2.24. The van der Waals surface area contributed by atoms with Crippen LogP contribution in [0.25, 0.3) is 10.9 Å². The van der Waals surface area contributed by atoms with Crippen molar-refractivity contribution < 1.29 is 4.74 Å². The number of ether oxygens (including phenoxy) is 1. The average molecular weight is 257 g/mol. The summed E-state index contributed by atoms with van der Waals surface area (Å²) in [6, 6.07) is 10.5. The minimum atomic E-state index is 0.785. The van der Waals surface area contributed by atoms with Gasteiger partial charge in [-0.2, -0.15) is 0 Å². The number of morpholine rings is 1. The van der Waals surface area contributed by atoms with Crippen LogP contribution in [0.3, 0.4) is 0 Å². The van der Waals surface area contributed by atoms with Crippen LogP contribution in [0.4, 0.5) is 5.82 Å². The summed E-state index contributed by atoms with van der Waals surface area (Å²) in [7, 11) is 1.97.